The Kier molecular flexibility index (Phi) is 3.46. The van der Waals surface area contributed by atoms with Gasteiger partial charge in [0.05, 0.1) is 4.90 Å². The first kappa shape index (κ1) is 12.5. The first-order chi connectivity index (χ1) is 7.97. The average molecular weight is 258 g/mol. The second kappa shape index (κ2) is 4.72. The molecule has 1 aliphatic heterocycles. The minimum atomic E-state index is -3.53. The van der Waals surface area contributed by atoms with Gasteiger partial charge in [-0.15, -0.1) is 0 Å². The lowest BCUT2D eigenvalue weighted by atomic mass is 10.3. The number of nitrogens with zero attached hydrogens (tertiary/aromatic N) is 1. The number of sulfonamides is 1. The van der Waals surface area contributed by atoms with E-state index in [0.717, 1.165) is 25.1 Å². The molecule has 1 saturated heterocycles. The molecule has 94 valence electrons. The van der Waals surface area contributed by atoms with Gasteiger partial charge in [-0.2, -0.15) is 0 Å². The molecule has 0 bridgehead atoms. The molecule has 0 radical (unpaired) electrons. The molecule has 1 aromatic carbocycles. The van der Waals surface area contributed by atoms with Crippen molar-refractivity contribution in [2.24, 2.45) is 0 Å². The van der Waals surface area contributed by atoms with Crippen molar-refractivity contribution in [1.29, 1.82) is 0 Å². The molecule has 0 aromatic heterocycles. The van der Waals surface area contributed by atoms with E-state index in [-0.39, 0.29) is 10.9 Å². The molecule has 1 aliphatic rings. The Balaban J connectivity index is 2.11. The van der Waals surface area contributed by atoms with E-state index in [4.69, 9.17) is 0 Å². The number of likely N-dealkylation sites (N-methyl/N-ethyl adjacent to an activating group) is 1. The van der Waals surface area contributed by atoms with Gasteiger partial charge in [0.15, 0.2) is 0 Å². The highest BCUT2D eigenvalue weighted by atomic mass is 32.2. The summed E-state index contributed by atoms with van der Waals surface area (Å²) in [6, 6.07) is 4.78. The van der Waals surface area contributed by atoms with E-state index in [1.54, 1.807) is 0 Å². The van der Waals surface area contributed by atoms with Crippen molar-refractivity contribution < 1.29 is 12.8 Å². The fourth-order valence-electron chi connectivity index (χ4n) is 1.93. The van der Waals surface area contributed by atoms with E-state index in [2.05, 4.69) is 9.62 Å². The number of rotatable bonds is 3. The number of hydrogen-bond donors (Lipinski definition) is 1. The first-order valence-corrected chi connectivity index (χ1v) is 6.92. The molecule has 0 spiro atoms. The summed E-state index contributed by atoms with van der Waals surface area (Å²) in [6.45, 7) is 1.59. The molecule has 1 fully saturated rings. The average Bonchev–Trinajstić information content (AvgIpc) is 2.63. The van der Waals surface area contributed by atoms with Gasteiger partial charge in [-0.25, -0.2) is 17.5 Å². The molecule has 4 nitrogen and oxygen atoms in total. The molecule has 1 atom stereocenters. The highest BCUT2D eigenvalue weighted by molar-refractivity contribution is 7.89. The lowest BCUT2D eigenvalue weighted by Gasteiger charge is -2.13. The molecule has 0 aliphatic carbocycles. The van der Waals surface area contributed by atoms with Gasteiger partial charge in [-0.1, -0.05) is 0 Å². The van der Waals surface area contributed by atoms with Gasteiger partial charge in [0.25, 0.3) is 0 Å². The van der Waals surface area contributed by atoms with Crippen LogP contribution in [0, 0.1) is 5.82 Å². The Hall–Kier alpha value is -0.980. The zero-order valence-electron chi connectivity index (χ0n) is 9.56. The quantitative estimate of drug-likeness (QED) is 0.873. The number of nitrogens with one attached hydrogen (secondary N) is 1. The smallest absolute Gasteiger partial charge is 0.240 e. The van der Waals surface area contributed by atoms with E-state index < -0.39 is 15.8 Å². The summed E-state index contributed by atoms with van der Waals surface area (Å²) < 4.78 is 39.2. The maximum absolute atomic E-state index is 12.7. The third kappa shape index (κ3) is 3.02. The Morgan fingerprint density at radius 2 is 2.00 bits per heavy atom. The van der Waals surface area contributed by atoms with E-state index >= 15 is 0 Å². The predicted octanol–water partition coefficient (Wildman–Crippen LogP) is 0.808. The summed E-state index contributed by atoms with van der Waals surface area (Å²) in [4.78, 5) is 2.17. The van der Waals surface area contributed by atoms with Crippen LogP contribution < -0.4 is 4.72 Å². The summed E-state index contributed by atoms with van der Waals surface area (Å²) in [5, 5.41) is 0. The second-order valence-electron chi connectivity index (χ2n) is 4.32. The summed E-state index contributed by atoms with van der Waals surface area (Å²) in [7, 11) is -1.58. The minimum absolute atomic E-state index is 0.0601. The fraction of sp³-hybridized carbons (Fsp3) is 0.455. The van der Waals surface area contributed by atoms with Crippen LogP contribution in [0.4, 0.5) is 4.39 Å². The second-order valence-corrected chi connectivity index (χ2v) is 6.04. The highest BCUT2D eigenvalue weighted by Crippen LogP contribution is 2.13. The normalized spacial score (nSPS) is 21.9. The number of hydrogen-bond acceptors (Lipinski definition) is 3. The van der Waals surface area contributed by atoms with Crippen molar-refractivity contribution in [2.75, 3.05) is 20.1 Å². The van der Waals surface area contributed by atoms with E-state index in [1.807, 2.05) is 7.05 Å². The van der Waals surface area contributed by atoms with E-state index in [0.29, 0.717) is 6.54 Å². The van der Waals surface area contributed by atoms with Crippen LogP contribution in [0.3, 0.4) is 0 Å². The van der Waals surface area contributed by atoms with Crippen molar-refractivity contribution in [3.05, 3.63) is 30.1 Å². The molecule has 6 heteroatoms. The topological polar surface area (TPSA) is 49.4 Å². The third-order valence-electron chi connectivity index (χ3n) is 2.84. The van der Waals surface area contributed by atoms with Crippen molar-refractivity contribution in [3.63, 3.8) is 0 Å². The molecule has 1 heterocycles. The maximum atomic E-state index is 12.7. The third-order valence-corrected chi connectivity index (χ3v) is 4.37. The van der Waals surface area contributed by atoms with Crippen molar-refractivity contribution >= 4 is 10.0 Å². The van der Waals surface area contributed by atoms with Crippen molar-refractivity contribution in [2.45, 2.75) is 17.4 Å². The molecule has 0 amide bonds. The summed E-state index contributed by atoms with van der Waals surface area (Å²) in [5.41, 5.74) is 0. The van der Waals surface area contributed by atoms with Gasteiger partial charge in [0.1, 0.15) is 5.82 Å². The number of likely N-dealkylation sites (tertiary alicyclic amines) is 1. The van der Waals surface area contributed by atoms with Gasteiger partial charge in [0, 0.05) is 12.6 Å². The monoisotopic (exact) mass is 258 g/mol. The van der Waals surface area contributed by atoms with E-state index in [1.165, 1.54) is 12.1 Å². The maximum Gasteiger partial charge on any atom is 0.240 e. The van der Waals surface area contributed by atoms with Gasteiger partial charge in [-0.05, 0) is 44.3 Å². The summed E-state index contributed by atoms with van der Waals surface area (Å²) in [6.07, 6.45) is 0.803. The number of halogens is 1. The molecule has 2 rings (SSSR count). The van der Waals surface area contributed by atoms with Crippen LogP contribution in [0.15, 0.2) is 29.2 Å². The summed E-state index contributed by atoms with van der Waals surface area (Å²) >= 11 is 0. The van der Waals surface area contributed by atoms with Crippen LogP contribution in [0.2, 0.25) is 0 Å². The fourth-order valence-corrected chi connectivity index (χ4v) is 3.19. The first-order valence-electron chi connectivity index (χ1n) is 5.44. The minimum Gasteiger partial charge on any atom is -0.305 e. The summed E-state index contributed by atoms with van der Waals surface area (Å²) in [5.74, 6) is -0.440. The van der Waals surface area contributed by atoms with Crippen LogP contribution in [-0.2, 0) is 10.0 Å². The lowest BCUT2D eigenvalue weighted by molar-refractivity contribution is 0.407. The standard InChI is InChI=1S/C11H15FN2O2S/c1-14-7-6-10(8-14)13-17(15,16)11-4-2-9(12)3-5-11/h2-5,10,13H,6-8H2,1H3. The van der Waals surface area contributed by atoms with Crippen LogP contribution >= 0.6 is 0 Å². The van der Waals surface area contributed by atoms with Gasteiger partial charge in [-0.3, -0.25) is 0 Å². The van der Waals surface area contributed by atoms with E-state index in [9.17, 15) is 12.8 Å². The molecule has 1 N–H and O–H groups in total. The Morgan fingerprint density at radius 3 is 2.53 bits per heavy atom. The lowest BCUT2D eigenvalue weighted by Crippen LogP contribution is -2.36. The van der Waals surface area contributed by atoms with Crippen molar-refractivity contribution in [1.82, 2.24) is 9.62 Å². The molecule has 1 aromatic rings. The molecule has 0 saturated carbocycles. The SMILES string of the molecule is CN1CCC(NS(=O)(=O)c2ccc(F)cc2)C1. The van der Waals surface area contributed by atoms with Crippen LogP contribution in [-0.4, -0.2) is 39.5 Å². The zero-order valence-corrected chi connectivity index (χ0v) is 10.4. The van der Waals surface area contributed by atoms with Crippen molar-refractivity contribution in [3.8, 4) is 0 Å². The Bertz CT molecular complexity index is 487. The molecular weight excluding hydrogens is 243 g/mol. The molecule has 1 unspecified atom stereocenters. The van der Waals surface area contributed by atoms with Crippen LogP contribution in [0.1, 0.15) is 6.42 Å². The number of benzene rings is 1. The van der Waals surface area contributed by atoms with Crippen LogP contribution in [0.5, 0.6) is 0 Å². The van der Waals surface area contributed by atoms with Gasteiger partial charge < -0.3 is 4.90 Å². The van der Waals surface area contributed by atoms with Gasteiger partial charge >= 0.3 is 0 Å². The Morgan fingerprint density at radius 1 is 1.35 bits per heavy atom. The molecular formula is C11H15FN2O2S. The largest absolute Gasteiger partial charge is 0.305 e. The molecule has 17 heavy (non-hydrogen) atoms. The van der Waals surface area contributed by atoms with Gasteiger partial charge in [0.2, 0.25) is 10.0 Å². The Labute approximate surface area is 100 Å². The predicted molar refractivity (Wildman–Crippen MR) is 62.6 cm³/mol. The highest BCUT2D eigenvalue weighted by Gasteiger charge is 2.25. The zero-order chi connectivity index (χ0) is 12.5. The van der Waals surface area contributed by atoms with Crippen LogP contribution in [0.25, 0.3) is 0 Å².